The van der Waals surface area contributed by atoms with Crippen LogP contribution in [0, 0.1) is 5.41 Å². The van der Waals surface area contributed by atoms with E-state index >= 15 is 0 Å². The maximum atomic E-state index is 4.29. The van der Waals surface area contributed by atoms with Crippen molar-refractivity contribution in [3.63, 3.8) is 0 Å². The summed E-state index contributed by atoms with van der Waals surface area (Å²) < 4.78 is 1.98. The highest BCUT2D eigenvalue weighted by Crippen LogP contribution is 2.22. The molecule has 0 atom stereocenters. The standard InChI is InChI=1S/C15H29N3/c1-5-7-8-9-15(3,4)13-16-10-14-11-17-18(6-2)12-14/h11-12,16H,5-10,13H2,1-4H3. The summed E-state index contributed by atoms with van der Waals surface area (Å²) in [5.74, 6) is 0. The summed E-state index contributed by atoms with van der Waals surface area (Å²) in [5, 5.41) is 7.84. The van der Waals surface area contributed by atoms with Gasteiger partial charge >= 0.3 is 0 Å². The smallest absolute Gasteiger partial charge is 0.0534 e. The topological polar surface area (TPSA) is 29.9 Å². The molecule has 0 aliphatic carbocycles. The molecule has 0 amide bonds. The van der Waals surface area contributed by atoms with Gasteiger partial charge in [-0.25, -0.2) is 0 Å². The van der Waals surface area contributed by atoms with Crippen molar-refractivity contribution in [1.82, 2.24) is 15.1 Å². The fourth-order valence-electron chi connectivity index (χ4n) is 2.16. The largest absolute Gasteiger partial charge is 0.312 e. The lowest BCUT2D eigenvalue weighted by atomic mass is 9.87. The van der Waals surface area contributed by atoms with Crippen molar-refractivity contribution in [2.45, 2.75) is 66.5 Å². The summed E-state index contributed by atoms with van der Waals surface area (Å²) in [6.45, 7) is 12.0. The molecule has 0 aromatic carbocycles. The van der Waals surface area contributed by atoms with Gasteiger partial charge in [0.15, 0.2) is 0 Å². The average molecular weight is 251 g/mol. The molecule has 0 aliphatic rings. The van der Waals surface area contributed by atoms with Crippen molar-refractivity contribution in [2.75, 3.05) is 6.54 Å². The van der Waals surface area contributed by atoms with Crippen molar-refractivity contribution in [3.05, 3.63) is 18.0 Å². The summed E-state index contributed by atoms with van der Waals surface area (Å²) in [5.41, 5.74) is 1.68. The van der Waals surface area contributed by atoms with E-state index in [4.69, 9.17) is 0 Å². The molecule has 1 N–H and O–H groups in total. The van der Waals surface area contributed by atoms with Crippen LogP contribution in [0.15, 0.2) is 12.4 Å². The fraction of sp³-hybridized carbons (Fsp3) is 0.800. The van der Waals surface area contributed by atoms with Crippen LogP contribution in [0.4, 0.5) is 0 Å². The molecular weight excluding hydrogens is 222 g/mol. The van der Waals surface area contributed by atoms with Crippen LogP contribution in [-0.2, 0) is 13.1 Å². The van der Waals surface area contributed by atoms with Crippen LogP contribution in [0.5, 0.6) is 0 Å². The molecule has 3 heteroatoms. The molecule has 0 spiro atoms. The van der Waals surface area contributed by atoms with Gasteiger partial charge in [0.05, 0.1) is 6.20 Å². The van der Waals surface area contributed by atoms with E-state index in [0.717, 1.165) is 19.6 Å². The number of aryl methyl sites for hydroxylation is 1. The summed E-state index contributed by atoms with van der Waals surface area (Å²) in [6, 6.07) is 0. The van der Waals surface area contributed by atoms with Crippen LogP contribution in [0.25, 0.3) is 0 Å². The SMILES string of the molecule is CCCCCC(C)(C)CNCc1cnn(CC)c1. The second kappa shape index (κ2) is 7.57. The molecule has 0 aliphatic heterocycles. The molecule has 0 fully saturated rings. The molecule has 0 saturated carbocycles. The lowest BCUT2D eigenvalue weighted by Gasteiger charge is -2.25. The summed E-state index contributed by atoms with van der Waals surface area (Å²) in [4.78, 5) is 0. The summed E-state index contributed by atoms with van der Waals surface area (Å²) in [6.07, 6.45) is 9.39. The van der Waals surface area contributed by atoms with Crippen LogP contribution in [0.2, 0.25) is 0 Å². The van der Waals surface area contributed by atoms with Crippen LogP contribution in [0.3, 0.4) is 0 Å². The zero-order chi connectivity index (χ0) is 13.4. The van der Waals surface area contributed by atoms with Crippen LogP contribution in [0.1, 0.15) is 58.9 Å². The lowest BCUT2D eigenvalue weighted by molar-refractivity contribution is 0.302. The van der Waals surface area contributed by atoms with Gasteiger partial charge in [0, 0.05) is 31.4 Å². The van der Waals surface area contributed by atoms with Crippen molar-refractivity contribution in [1.29, 1.82) is 0 Å². The second-order valence-corrected chi connectivity index (χ2v) is 5.93. The van der Waals surface area contributed by atoms with Gasteiger partial charge in [-0.3, -0.25) is 4.68 Å². The molecule has 1 heterocycles. The molecule has 0 saturated heterocycles. The first-order valence-corrected chi connectivity index (χ1v) is 7.29. The first-order valence-electron chi connectivity index (χ1n) is 7.29. The van der Waals surface area contributed by atoms with Crippen LogP contribution in [-0.4, -0.2) is 16.3 Å². The van der Waals surface area contributed by atoms with Gasteiger partial charge in [-0.1, -0.05) is 40.0 Å². The number of hydrogen-bond donors (Lipinski definition) is 1. The van der Waals surface area contributed by atoms with Gasteiger partial charge in [-0.15, -0.1) is 0 Å². The minimum Gasteiger partial charge on any atom is -0.312 e. The Balaban J connectivity index is 2.23. The molecule has 3 nitrogen and oxygen atoms in total. The van der Waals surface area contributed by atoms with E-state index in [1.165, 1.54) is 31.2 Å². The number of nitrogens with zero attached hydrogens (tertiary/aromatic N) is 2. The highest BCUT2D eigenvalue weighted by Gasteiger charge is 2.16. The Hall–Kier alpha value is -0.830. The Morgan fingerprint density at radius 2 is 2.06 bits per heavy atom. The highest BCUT2D eigenvalue weighted by atomic mass is 15.3. The Kier molecular flexibility index (Phi) is 6.41. The monoisotopic (exact) mass is 251 g/mol. The van der Waals surface area contributed by atoms with Gasteiger partial charge < -0.3 is 5.32 Å². The Bertz CT molecular complexity index is 328. The van der Waals surface area contributed by atoms with Gasteiger partial charge in [-0.2, -0.15) is 5.10 Å². The molecule has 18 heavy (non-hydrogen) atoms. The third kappa shape index (κ3) is 5.67. The Labute approximate surface area is 112 Å². The van der Waals surface area contributed by atoms with E-state index in [9.17, 15) is 0 Å². The molecule has 1 aromatic heterocycles. The van der Waals surface area contributed by atoms with E-state index in [1.807, 2.05) is 10.9 Å². The van der Waals surface area contributed by atoms with Gasteiger partial charge in [-0.05, 0) is 18.8 Å². The molecule has 1 rings (SSSR count). The summed E-state index contributed by atoms with van der Waals surface area (Å²) >= 11 is 0. The fourth-order valence-corrected chi connectivity index (χ4v) is 2.16. The molecule has 104 valence electrons. The lowest BCUT2D eigenvalue weighted by Crippen LogP contribution is -2.29. The number of rotatable bonds is 9. The number of nitrogens with one attached hydrogen (secondary N) is 1. The van der Waals surface area contributed by atoms with E-state index in [1.54, 1.807) is 0 Å². The number of hydrogen-bond acceptors (Lipinski definition) is 2. The average Bonchev–Trinajstić information content (AvgIpc) is 2.77. The highest BCUT2D eigenvalue weighted by molar-refractivity contribution is 5.03. The van der Waals surface area contributed by atoms with E-state index in [2.05, 4.69) is 44.3 Å². The van der Waals surface area contributed by atoms with Crippen LogP contribution >= 0.6 is 0 Å². The van der Waals surface area contributed by atoms with Gasteiger partial charge in [0.2, 0.25) is 0 Å². The molecule has 0 bridgehead atoms. The normalized spacial score (nSPS) is 12.0. The predicted octanol–water partition coefficient (Wildman–Crippen LogP) is 3.60. The van der Waals surface area contributed by atoms with Gasteiger partial charge in [0.25, 0.3) is 0 Å². The minimum atomic E-state index is 0.399. The van der Waals surface area contributed by atoms with Crippen molar-refractivity contribution >= 4 is 0 Å². The zero-order valence-corrected chi connectivity index (χ0v) is 12.5. The number of aromatic nitrogens is 2. The number of unbranched alkanes of at least 4 members (excludes halogenated alkanes) is 2. The maximum absolute atomic E-state index is 4.29. The molecule has 1 aromatic rings. The van der Waals surface area contributed by atoms with Crippen LogP contribution < -0.4 is 5.32 Å². The maximum Gasteiger partial charge on any atom is 0.0534 e. The first-order chi connectivity index (χ1) is 8.57. The molecular formula is C15H29N3. The molecule has 0 radical (unpaired) electrons. The van der Waals surface area contributed by atoms with Crippen molar-refractivity contribution in [3.8, 4) is 0 Å². The van der Waals surface area contributed by atoms with E-state index < -0.39 is 0 Å². The van der Waals surface area contributed by atoms with Gasteiger partial charge in [0.1, 0.15) is 0 Å². The third-order valence-corrected chi connectivity index (χ3v) is 3.40. The zero-order valence-electron chi connectivity index (χ0n) is 12.5. The first kappa shape index (κ1) is 15.2. The Morgan fingerprint density at radius 3 is 2.67 bits per heavy atom. The van der Waals surface area contributed by atoms with Crippen molar-refractivity contribution in [2.24, 2.45) is 5.41 Å². The second-order valence-electron chi connectivity index (χ2n) is 5.93. The van der Waals surface area contributed by atoms with E-state index in [0.29, 0.717) is 5.41 Å². The minimum absolute atomic E-state index is 0.399. The third-order valence-electron chi connectivity index (χ3n) is 3.40. The van der Waals surface area contributed by atoms with E-state index in [-0.39, 0.29) is 0 Å². The summed E-state index contributed by atoms with van der Waals surface area (Å²) in [7, 11) is 0. The molecule has 0 unspecified atom stereocenters. The van der Waals surface area contributed by atoms with Crippen molar-refractivity contribution < 1.29 is 0 Å². The quantitative estimate of drug-likeness (QED) is 0.680. The Morgan fingerprint density at radius 1 is 1.28 bits per heavy atom. The predicted molar refractivity (Wildman–Crippen MR) is 77.5 cm³/mol.